The lowest BCUT2D eigenvalue weighted by Gasteiger charge is -2.15. The van der Waals surface area contributed by atoms with Crippen LogP contribution >= 0.6 is 0 Å². The van der Waals surface area contributed by atoms with Crippen LogP contribution < -0.4 is 4.72 Å². The van der Waals surface area contributed by atoms with Gasteiger partial charge in [-0.3, -0.25) is 4.79 Å². The molecule has 0 saturated heterocycles. The SMILES string of the molecule is CC.CC(C)CC(NS(=O)Cc1ccccc1)C(=O)O. The van der Waals surface area contributed by atoms with Gasteiger partial charge in [0.15, 0.2) is 0 Å². The summed E-state index contributed by atoms with van der Waals surface area (Å²) >= 11 is 0. The Bertz CT molecular complexity index is 407. The van der Waals surface area contributed by atoms with E-state index < -0.39 is 23.0 Å². The first kappa shape index (κ1) is 18.8. The van der Waals surface area contributed by atoms with Crippen molar-refractivity contribution in [2.45, 2.75) is 45.9 Å². The third-order valence-electron chi connectivity index (χ3n) is 2.42. The van der Waals surface area contributed by atoms with E-state index in [1.54, 1.807) is 0 Å². The molecule has 5 heteroatoms. The van der Waals surface area contributed by atoms with E-state index in [0.717, 1.165) is 5.56 Å². The summed E-state index contributed by atoms with van der Waals surface area (Å²) in [6.07, 6.45) is 0.468. The van der Waals surface area contributed by atoms with Crippen LogP contribution in [0.3, 0.4) is 0 Å². The molecular formula is C15H25NO3S. The fraction of sp³-hybridized carbons (Fsp3) is 0.533. The summed E-state index contributed by atoms with van der Waals surface area (Å²) in [5, 5.41) is 9.04. The van der Waals surface area contributed by atoms with Gasteiger partial charge in [0.2, 0.25) is 0 Å². The van der Waals surface area contributed by atoms with Crippen LogP contribution in [0, 0.1) is 5.92 Å². The molecule has 0 heterocycles. The molecule has 0 aliphatic heterocycles. The second-order valence-corrected chi connectivity index (χ2v) is 5.83. The number of hydrogen-bond acceptors (Lipinski definition) is 2. The molecule has 0 bridgehead atoms. The monoisotopic (exact) mass is 299 g/mol. The number of nitrogens with one attached hydrogen (secondary N) is 1. The van der Waals surface area contributed by atoms with Gasteiger partial charge in [-0.1, -0.05) is 58.0 Å². The Balaban J connectivity index is 0.00000172. The molecule has 4 nitrogen and oxygen atoms in total. The predicted octanol–water partition coefficient (Wildman–Crippen LogP) is 2.97. The Kier molecular flexibility index (Phi) is 9.94. The quantitative estimate of drug-likeness (QED) is 0.813. The van der Waals surface area contributed by atoms with Gasteiger partial charge < -0.3 is 5.11 Å². The summed E-state index contributed by atoms with van der Waals surface area (Å²) in [4.78, 5) is 11.0. The summed E-state index contributed by atoms with van der Waals surface area (Å²) in [5.74, 6) is -0.389. The van der Waals surface area contributed by atoms with Gasteiger partial charge in [0, 0.05) is 0 Å². The summed E-state index contributed by atoms with van der Waals surface area (Å²) in [6, 6.07) is 8.62. The maximum Gasteiger partial charge on any atom is 0.321 e. The maximum atomic E-state index is 11.8. The fourth-order valence-corrected chi connectivity index (χ4v) is 2.69. The van der Waals surface area contributed by atoms with Gasteiger partial charge in [0.25, 0.3) is 0 Å². The van der Waals surface area contributed by atoms with Gasteiger partial charge in [-0.2, -0.15) is 0 Å². The zero-order chi connectivity index (χ0) is 15.5. The van der Waals surface area contributed by atoms with Crippen molar-refractivity contribution < 1.29 is 14.1 Å². The molecular weight excluding hydrogens is 274 g/mol. The van der Waals surface area contributed by atoms with E-state index in [0.29, 0.717) is 12.2 Å². The van der Waals surface area contributed by atoms with Gasteiger partial charge in [-0.05, 0) is 17.9 Å². The second kappa shape index (κ2) is 10.6. The highest BCUT2D eigenvalue weighted by atomic mass is 32.2. The largest absolute Gasteiger partial charge is 0.480 e. The van der Waals surface area contributed by atoms with E-state index in [9.17, 15) is 9.00 Å². The molecule has 0 amide bonds. The molecule has 0 spiro atoms. The zero-order valence-corrected chi connectivity index (χ0v) is 13.4. The normalized spacial score (nSPS) is 13.2. The third kappa shape index (κ3) is 8.07. The Hall–Kier alpha value is -1.20. The first-order valence-electron chi connectivity index (χ1n) is 6.90. The third-order valence-corrected chi connectivity index (χ3v) is 3.56. The maximum absolute atomic E-state index is 11.8. The molecule has 20 heavy (non-hydrogen) atoms. The standard InChI is InChI=1S/C13H19NO3S.C2H6/c1-10(2)8-12(13(15)16)14-18(17)9-11-6-4-3-5-7-11;1-2/h3-7,10,12,14H,8-9H2,1-2H3,(H,15,16);1-2H3. The minimum atomic E-state index is -1.37. The number of benzene rings is 1. The molecule has 2 unspecified atom stereocenters. The summed E-state index contributed by atoms with van der Waals surface area (Å²) in [5.41, 5.74) is 0.928. The van der Waals surface area contributed by atoms with Gasteiger partial charge in [0.05, 0.1) is 16.7 Å². The van der Waals surface area contributed by atoms with Crippen LogP contribution in [0.15, 0.2) is 30.3 Å². The molecule has 0 aliphatic carbocycles. The molecule has 0 radical (unpaired) electrons. The minimum Gasteiger partial charge on any atom is -0.480 e. The average molecular weight is 299 g/mol. The zero-order valence-electron chi connectivity index (χ0n) is 12.6. The van der Waals surface area contributed by atoms with Gasteiger partial charge in [-0.25, -0.2) is 8.93 Å². The van der Waals surface area contributed by atoms with Gasteiger partial charge in [-0.15, -0.1) is 0 Å². The molecule has 2 N–H and O–H groups in total. The van der Waals surface area contributed by atoms with Crippen molar-refractivity contribution in [3.63, 3.8) is 0 Å². The van der Waals surface area contributed by atoms with E-state index in [2.05, 4.69) is 4.72 Å². The molecule has 114 valence electrons. The van der Waals surface area contributed by atoms with E-state index in [1.807, 2.05) is 58.0 Å². The van der Waals surface area contributed by atoms with Crippen LogP contribution in [0.5, 0.6) is 0 Å². The Morgan fingerprint density at radius 2 is 1.80 bits per heavy atom. The molecule has 1 aromatic rings. The molecule has 0 fully saturated rings. The number of rotatable bonds is 7. The van der Waals surface area contributed by atoms with Crippen molar-refractivity contribution in [1.29, 1.82) is 0 Å². The van der Waals surface area contributed by atoms with Crippen molar-refractivity contribution in [2.24, 2.45) is 5.92 Å². The van der Waals surface area contributed by atoms with Crippen LogP contribution in [0.2, 0.25) is 0 Å². The van der Waals surface area contributed by atoms with E-state index in [4.69, 9.17) is 5.11 Å². The Morgan fingerprint density at radius 1 is 1.25 bits per heavy atom. The van der Waals surface area contributed by atoms with Crippen molar-refractivity contribution in [1.82, 2.24) is 4.72 Å². The number of hydrogen-bond donors (Lipinski definition) is 2. The van der Waals surface area contributed by atoms with Crippen LogP contribution in [-0.4, -0.2) is 21.3 Å². The molecule has 0 saturated carbocycles. The molecule has 1 rings (SSSR count). The van der Waals surface area contributed by atoms with Crippen molar-refractivity contribution in [2.75, 3.05) is 0 Å². The second-order valence-electron chi connectivity index (χ2n) is 4.61. The number of carbonyl (C=O) groups is 1. The number of carboxylic acid groups (broad SMARTS) is 1. The Labute approximate surface area is 124 Å². The summed E-state index contributed by atoms with van der Waals surface area (Å²) < 4.78 is 14.5. The molecule has 0 aliphatic rings. The van der Waals surface area contributed by atoms with Crippen LogP contribution in [0.4, 0.5) is 0 Å². The average Bonchev–Trinajstić information content (AvgIpc) is 2.40. The highest BCUT2D eigenvalue weighted by molar-refractivity contribution is 7.82. The van der Waals surface area contributed by atoms with E-state index in [1.165, 1.54) is 0 Å². The molecule has 2 atom stereocenters. The van der Waals surface area contributed by atoms with Crippen molar-refractivity contribution >= 4 is 17.0 Å². The lowest BCUT2D eigenvalue weighted by atomic mass is 10.1. The van der Waals surface area contributed by atoms with E-state index >= 15 is 0 Å². The number of aliphatic carboxylic acids is 1. The highest BCUT2D eigenvalue weighted by Crippen LogP contribution is 2.07. The Morgan fingerprint density at radius 3 is 2.25 bits per heavy atom. The smallest absolute Gasteiger partial charge is 0.321 e. The van der Waals surface area contributed by atoms with Gasteiger partial charge in [0.1, 0.15) is 6.04 Å². The first-order valence-corrected chi connectivity index (χ1v) is 8.22. The van der Waals surface area contributed by atoms with E-state index in [-0.39, 0.29) is 5.92 Å². The predicted molar refractivity (Wildman–Crippen MR) is 83.7 cm³/mol. The molecule has 0 aromatic heterocycles. The van der Waals surface area contributed by atoms with Gasteiger partial charge >= 0.3 is 5.97 Å². The van der Waals surface area contributed by atoms with Crippen LogP contribution in [-0.2, 0) is 21.5 Å². The van der Waals surface area contributed by atoms with Crippen LogP contribution in [0.1, 0.15) is 39.7 Å². The minimum absolute atomic E-state index is 0.243. The number of carboxylic acids is 1. The van der Waals surface area contributed by atoms with Crippen molar-refractivity contribution in [3.05, 3.63) is 35.9 Å². The topological polar surface area (TPSA) is 66.4 Å². The summed E-state index contributed by atoms with van der Waals surface area (Å²) in [6.45, 7) is 7.88. The highest BCUT2D eigenvalue weighted by Gasteiger charge is 2.20. The summed E-state index contributed by atoms with van der Waals surface area (Å²) in [7, 11) is -1.37. The fourth-order valence-electron chi connectivity index (χ4n) is 1.60. The lowest BCUT2D eigenvalue weighted by molar-refractivity contribution is -0.139. The van der Waals surface area contributed by atoms with Crippen molar-refractivity contribution in [3.8, 4) is 0 Å². The van der Waals surface area contributed by atoms with Crippen LogP contribution in [0.25, 0.3) is 0 Å². The lowest BCUT2D eigenvalue weighted by Crippen LogP contribution is -2.39. The molecule has 1 aromatic carbocycles. The first-order chi connectivity index (χ1) is 9.49.